The highest BCUT2D eigenvalue weighted by Gasteiger charge is 2.33. The first-order chi connectivity index (χ1) is 14.1. The lowest BCUT2D eigenvalue weighted by Crippen LogP contribution is -2.18. The number of alkyl halides is 3. The molecule has 1 amide bonds. The molecular formula is C21H24ClF3N2O3. The summed E-state index contributed by atoms with van der Waals surface area (Å²) in [5.74, 6) is -0.0653. The van der Waals surface area contributed by atoms with Gasteiger partial charge in [0.15, 0.2) is 0 Å². The van der Waals surface area contributed by atoms with Crippen LogP contribution >= 0.6 is 11.6 Å². The van der Waals surface area contributed by atoms with E-state index in [1.54, 1.807) is 25.1 Å². The zero-order valence-electron chi connectivity index (χ0n) is 17.0. The molecular weight excluding hydrogens is 421 g/mol. The summed E-state index contributed by atoms with van der Waals surface area (Å²) in [6.07, 6.45) is -3.90. The highest BCUT2D eigenvalue weighted by molar-refractivity contribution is 6.31. The number of nitrogens with one attached hydrogen (secondary N) is 1. The molecule has 0 radical (unpaired) electrons. The van der Waals surface area contributed by atoms with Crippen LogP contribution in [0.1, 0.15) is 29.3 Å². The first-order valence-electron chi connectivity index (χ1n) is 9.35. The maximum Gasteiger partial charge on any atom is 0.417 e. The van der Waals surface area contributed by atoms with E-state index >= 15 is 0 Å². The lowest BCUT2D eigenvalue weighted by molar-refractivity contribution is -0.137. The monoisotopic (exact) mass is 444 g/mol. The lowest BCUT2D eigenvalue weighted by Gasteiger charge is -2.17. The van der Waals surface area contributed by atoms with E-state index in [1.165, 1.54) is 6.07 Å². The third-order valence-electron chi connectivity index (χ3n) is 4.05. The fourth-order valence-electron chi connectivity index (χ4n) is 2.71. The molecule has 0 fully saturated rings. The average molecular weight is 445 g/mol. The summed E-state index contributed by atoms with van der Waals surface area (Å²) in [6.45, 7) is 3.25. The van der Waals surface area contributed by atoms with Crippen LogP contribution in [0.2, 0.25) is 5.02 Å². The van der Waals surface area contributed by atoms with Gasteiger partial charge >= 0.3 is 6.18 Å². The van der Waals surface area contributed by atoms with Crippen molar-refractivity contribution in [3.05, 3.63) is 52.5 Å². The van der Waals surface area contributed by atoms with Crippen LogP contribution in [0.5, 0.6) is 11.5 Å². The van der Waals surface area contributed by atoms with Crippen molar-refractivity contribution in [2.24, 2.45) is 0 Å². The van der Waals surface area contributed by atoms with E-state index in [2.05, 4.69) is 5.32 Å². The predicted octanol–water partition coefficient (Wildman–Crippen LogP) is 5.34. The highest BCUT2D eigenvalue weighted by atomic mass is 35.5. The molecule has 0 saturated carbocycles. The number of rotatable bonds is 9. The molecule has 0 unspecified atom stereocenters. The summed E-state index contributed by atoms with van der Waals surface area (Å²) in [5, 5.41) is 2.04. The third-order valence-corrected chi connectivity index (χ3v) is 4.38. The second kappa shape index (κ2) is 10.5. The Balaban J connectivity index is 2.29. The number of anilines is 1. The minimum absolute atomic E-state index is 0.0402. The lowest BCUT2D eigenvalue weighted by atomic mass is 10.1. The number of carbonyl (C=O) groups excluding carboxylic acids is 1. The predicted molar refractivity (Wildman–Crippen MR) is 111 cm³/mol. The largest absolute Gasteiger partial charge is 0.493 e. The molecule has 0 saturated heterocycles. The highest BCUT2D eigenvalue weighted by Crippen LogP contribution is 2.37. The Morgan fingerprint density at radius 3 is 2.40 bits per heavy atom. The molecule has 9 heteroatoms. The molecule has 0 aliphatic carbocycles. The fourth-order valence-corrected chi connectivity index (χ4v) is 2.93. The molecule has 0 aliphatic heterocycles. The molecule has 0 aliphatic rings. The quantitative estimate of drug-likeness (QED) is 0.530. The van der Waals surface area contributed by atoms with Crippen molar-refractivity contribution in [3.63, 3.8) is 0 Å². The van der Waals surface area contributed by atoms with Crippen molar-refractivity contribution in [1.29, 1.82) is 0 Å². The minimum Gasteiger partial charge on any atom is -0.493 e. The van der Waals surface area contributed by atoms with Crippen LogP contribution in [0.4, 0.5) is 18.9 Å². The molecule has 5 nitrogen and oxygen atoms in total. The van der Waals surface area contributed by atoms with Gasteiger partial charge in [-0.15, -0.1) is 0 Å². The number of halogens is 4. The van der Waals surface area contributed by atoms with Gasteiger partial charge in [0.1, 0.15) is 17.1 Å². The van der Waals surface area contributed by atoms with Gasteiger partial charge in [0.25, 0.3) is 5.91 Å². The maximum absolute atomic E-state index is 13.1. The first kappa shape index (κ1) is 23.8. The minimum atomic E-state index is -4.64. The summed E-state index contributed by atoms with van der Waals surface area (Å²) < 4.78 is 50.6. The van der Waals surface area contributed by atoms with Crippen molar-refractivity contribution in [3.8, 4) is 11.5 Å². The Morgan fingerprint density at radius 1 is 1.13 bits per heavy atom. The second-order valence-electron chi connectivity index (χ2n) is 6.71. The average Bonchev–Trinajstić information content (AvgIpc) is 2.66. The van der Waals surface area contributed by atoms with Crippen molar-refractivity contribution >= 4 is 23.2 Å². The van der Waals surface area contributed by atoms with E-state index in [9.17, 15) is 18.0 Å². The number of amides is 1. The van der Waals surface area contributed by atoms with Crippen LogP contribution in [0.15, 0.2) is 36.4 Å². The Bertz CT molecular complexity index is 873. The molecule has 0 aromatic heterocycles. The third kappa shape index (κ3) is 6.53. The Hall–Kier alpha value is -2.45. The number of ether oxygens (including phenoxy) is 2. The fraction of sp³-hybridized carbons (Fsp3) is 0.381. The summed E-state index contributed by atoms with van der Waals surface area (Å²) in [6, 6.07) is 8.10. The molecule has 30 heavy (non-hydrogen) atoms. The first-order valence-corrected chi connectivity index (χ1v) is 9.72. The van der Waals surface area contributed by atoms with Crippen LogP contribution < -0.4 is 14.8 Å². The molecule has 0 atom stereocenters. The zero-order valence-corrected chi connectivity index (χ0v) is 17.7. The normalized spacial score (nSPS) is 11.5. The van der Waals surface area contributed by atoms with Crippen molar-refractivity contribution < 1.29 is 27.4 Å². The SMILES string of the molecule is CCOc1cccc(OCCCN(C)C)c1C(=O)Nc1ccc(Cl)c(C(F)(F)F)c1. The van der Waals surface area contributed by atoms with E-state index in [0.717, 1.165) is 25.1 Å². The van der Waals surface area contributed by atoms with Crippen molar-refractivity contribution in [2.75, 3.05) is 39.2 Å². The van der Waals surface area contributed by atoms with E-state index in [-0.39, 0.29) is 17.0 Å². The summed E-state index contributed by atoms with van der Waals surface area (Å²) >= 11 is 5.64. The number of hydrogen-bond acceptors (Lipinski definition) is 4. The van der Waals surface area contributed by atoms with Crippen LogP contribution in [-0.4, -0.2) is 44.7 Å². The molecule has 0 bridgehead atoms. The molecule has 164 valence electrons. The Morgan fingerprint density at radius 2 is 1.80 bits per heavy atom. The smallest absolute Gasteiger partial charge is 0.417 e. The van der Waals surface area contributed by atoms with Crippen molar-refractivity contribution in [1.82, 2.24) is 4.90 Å². The number of nitrogens with zero attached hydrogens (tertiary/aromatic N) is 1. The van der Waals surface area contributed by atoms with Crippen molar-refractivity contribution in [2.45, 2.75) is 19.5 Å². The maximum atomic E-state index is 13.1. The Labute approximate surface area is 178 Å². The summed E-state index contributed by atoms with van der Waals surface area (Å²) in [5.41, 5.74) is -0.950. The molecule has 1 N–H and O–H groups in total. The van der Waals surface area contributed by atoms with Gasteiger partial charge in [-0.2, -0.15) is 13.2 Å². The number of hydrogen-bond donors (Lipinski definition) is 1. The van der Waals surface area contributed by atoms with E-state index in [1.807, 2.05) is 19.0 Å². The standard InChI is InChI=1S/C21H24ClF3N2O3/c1-4-29-17-7-5-8-18(30-12-6-11-27(2)3)19(17)20(28)26-14-9-10-16(22)15(13-14)21(23,24)25/h5,7-10,13H,4,6,11-12H2,1-3H3,(H,26,28). The molecule has 0 heterocycles. The van der Waals surface area contributed by atoms with Gasteiger partial charge in [0.2, 0.25) is 0 Å². The van der Waals surface area contributed by atoms with E-state index in [0.29, 0.717) is 19.0 Å². The van der Waals surface area contributed by atoms with Crippen LogP contribution in [0, 0.1) is 0 Å². The van der Waals surface area contributed by atoms with Gasteiger partial charge in [-0.1, -0.05) is 17.7 Å². The van der Waals surface area contributed by atoms with Crippen LogP contribution in [0.3, 0.4) is 0 Å². The summed E-state index contributed by atoms with van der Waals surface area (Å²) in [4.78, 5) is 14.9. The van der Waals surface area contributed by atoms with Gasteiger partial charge in [0.05, 0.1) is 23.8 Å². The van der Waals surface area contributed by atoms with Gasteiger partial charge in [-0.05, 0) is 57.8 Å². The Kier molecular flexibility index (Phi) is 8.37. The van der Waals surface area contributed by atoms with E-state index in [4.69, 9.17) is 21.1 Å². The van der Waals surface area contributed by atoms with Gasteiger partial charge in [-0.25, -0.2) is 0 Å². The molecule has 2 aromatic rings. The summed E-state index contributed by atoms with van der Waals surface area (Å²) in [7, 11) is 3.88. The van der Waals surface area contributed by atoms with E-state index < -0.39 is 22.7 Å². The topological polar surface area (TPSA) is 50.8 Å². The number of carbonyl (C=O) groups is 1. The van der Waals surface area contributed by atoms with Gasteiger partial charge < -0.3 is 19.7 Å². The zero-order chi connectivity index (χ0) is 22.3. The molecule has 0 spiro atoms. The second-order valence-corrected chi connectivity index (χ2v) is 7.12. The molecule has 2 rings (SSSR count). The van der Waals surface area contributed by atoms with Gasteiger partial charge in [-0.3, -0.25) is 4.79 Å². The van der Waals surface area contributed by atoms with Crippen LogP contribution in [-0.2, 0) is 6.18 Å². The number of benzene rings is 2. The van der Waals surface area contributed by atoms with Gasteiger partial charge in [0, 0.05) is 12.2 Å². The van der Waals surface area contributed by atoms with Crippen LogP contribution in [0.25, 0.3) is 0 Å². The molecule has 2 aromatic carbocycles.